The van der Waals surface area contributed by atoms with Crippen molar-refractivity contribution in [3.63, 3.8) is 0 Å². The molecular formula is C38H42N4. The molecule has 0 fully saturated rings. The molecule has 0 radical (unpaired) electrons. The van der Waals surface area contributed by atoms with Gasteiger partial charge in [-0.25, -0.2) is 0 Å². The van der Waals surface area contributed by atoms with Crippen molar-refractivity contribution in [3.8, 4) is 17.2 Å². The van der Waals surface area contributed by atoms with Crippen molar-refractivity contribution >= 4 is 0 Å². The van der Waals surface area contributed by atoms with Crippen LogP contribution in [0.3, 0.4) is 0 Å². The van der Waals surface area contributed by atoms with Gasteiger partial charge in [0.05, 0.1) is 5.56 Å². The molecule has 0 unspecified atom stereocenters. The summed E-state index contributed by atoms with van der Waals surface area (Å²) in [6, 6.07) is 24.2. The average molecular weight is 555 g/mol. The molecule has 2 N–H and O–H groups in total. The molecule has 1 aliphatic rings. The Morgan fingerprint density at radius 1 is 0.881 bits per heavy atom. The molecule has 0 saturated heterocycles. The van der Waals surface area contributed by atoms with Crippen molar-refractivity contribution < 1.29 is 0 Å². The molecular weight excluding hydrogens is 512 g/mol. The van der Waals surface area contributed by atoms with Crippen LogP contribution in [0.4, 0.5) is 0 Å². The van der Waals surface area contributed by atoms with E-state index in [9.17, 15) is 5.26 Å². The molecule has 3 aromatic carbocycles. The van der Waals surface area contributed by atoms with Crippen molar-refractivity contribution in [1.82, 2.24) is 15.6 Å². The largest absolute Gasteiger partial charge is 0.388 e. The Balaban J connectivity index is 1.40. The van der Waals surface area contributed by atoms with Gasteiger partial charge in [-0.1, -0.05) is 61.2 Å². The highest BCUT2D eigenvalue weighted by molar-refractivity contribution is 5.68. The second-order valence-electron chi connectivity index (χ2n) is 11.5. The molecule has 0 bridgehead atoms. The summed E-state index contributed by atoms with van der Waals surface area (Å²) < 4.78 is 0. The van der Waals surface area contributed by atoms with Gasteiger partial charge >= 0.3 is 0 Å². The summed E-state index contributed by atoms with van der Waals surface area (Å²) in [4.78, 5) is 4.30. The van der Waals surface area contributed by atoms with E-state index in [1.807, 2.05) is 19.2 Å². The summed E-state index contributed by atoms with van der Waals surface area (Å²) in [6.07, 6.45) is 11.0. The number of hydrogen-bond donors (Lipinski definition) is 2. The quantitative estimate of drug-likeness (QED) is 0.172. The highest BCUT2D eigenvalue weighted by atomic mass is 14.9. The van der Waals surface area contributed by atoms with Crippen LogP contribution in [0.2, 0.25) is 0 Å². The van der Waals surface area contributed by atoms with Gasteiger partial charge in [0.2, 0.25) is 0 Å². The number of fused-ring (bicyclic) bond motifs is 1. The number of nitrogens with one attached hydrogen (secondary N) is 2. The highest BCUT2D eigenvalue weighted by Crippen LogP contribution is 2.34. The first kappa shape index (κ1) is 29.3. The van der Waals surface area contributed by atoms with Crippen LogP contribution in [-0.2, 0) is 45.1 Å². The van der Waals surface area contributed by atoms with Crippen LogP contribution in [-0.4, -0.2) is 18.1 Å². The van der Waals surface area contributed by atoms with Crippen LogP contribution in [0.15, 0.2) is 85.3 Å². The van der Waals surface area contributed by atoms with E-state index in [1.54, 1.807) is 17.3 Å². The Hall–Kier alpha value is -4.20. The second-order valence-corrected chi connectivity index (χ2v) is 11.5. The number of allylic oxidation sites excluding steroid dienone is 1. The zero-order valence-corrected chi connectivity index (χ0v) is 25.1. The minimum Gasteiger partial charge on any atom is -0.388 e. The molecule has 1 aliphatic carbocycles. The van der Waals surface area contributed by atoms with Gasteiger partial charge in [-0.15, -0.1) is 0 Å². The number of aryl methyl sites for hydroxylation is 4. The van der Waals surface area contributed by atoms with Crippen molar-refractivity contribution in [2.45, 2.75) is 65.3 Å². The maximum absolute atomic E-state index is 9.35. The third kappa shape index (κ3) is 7.16. The molecule has 5 rings (SSSR count). The van der Waals surface area contributed by atoms with Gasteiger partial charge in [0.15, 0.2) is 0 Å². The summed E-state index contributed by atoms with van der Waals surface area (Å²) >= 11 is 0. The first-order valence-corrected chi connectivity index (χ1v) is 15.3. The lowest BCUT2D eigenvalue weighted by atomic mass is 9.87. The lowest BCUT2D eigenvalue weighted by molar-refractivity contribution is 0.645. The van der Waals surface area contributed by atoms with Gasteiger partial charge in [0.1, 0.15) is 6.07 Å². The van der Waals surface area contributed by atoms with Crippen LogP contribution in [0.25, 0.3) is 11.1 Å². The fourth-order valence-electron chi connectivity index (χ4n) is 6.37. The zero-order valence-electron chi connectivity index (χ0n) is 25.1. The number of nitriles is 1. The molecule has 4 heteroatoms. The Morgan fingerprint density at radius 2 is 1.67 bits per heavy atom. The SMILES string of the molecule is C=C(C)NCCNCc1c(CCc2cncc(C#N)c2)cc(CCc2cccc(-c3ccccc3)c2C)c2c1CCC2. The Labute approximate surface area is 251 Å². The predicted octanol–water partition coefficient (Wildman–Crippen LogP) is 7.20. The number of hydrogen-bond acceptors (Lipinski definition) is 4. The molecule has 1 aromatic heterocycles. The summed E-state index contributed by atoms with van der Waals surface area (Å²) in [7, 11) is 0. The Kier molecular flexibility index (Phi) is 9.85. The number of nitrogens with zero attached hydrogens (tertiary/aromatic N) is 2. The van der Waals surface area contributed by atoms with E-state index in [2.05, 4.69) is 89.8 Å². The molecule has 0 saturated carbocycles. The maximum Gasteiger partial charge on any atom is 0.101 e. The van der Waals surface area contributed by atoms with Crippen molar-refractivity contribution in [2.75, 3.05) is 13.1 Å². The molecule has 1 heterocycles. The fraction of sp³-hybridized carbons (Fsp3) is 0.316. The van der Waals surface area contributed by atoms with Crippen LogP contribution in [0, 0.1) is 18.3 Å². The van der Waals surface area contributed by atoms with E-state index in [0.29, 0.717) is 5.56 Å². The van der Waals surface area contributed by atoms with E-state index in [1.165, 1.54) is 51.8 Å². The lowest BCUT2D eigenvalue weighted by Gasteiger charge is -2.20. The van der Waals surface area contributed by atoms with Crippen LogP contribution in [0.5, 0.6) is 0 Å². The molecule has 0 aliphatic heterocycles. The number of benzene rings is 3. The Morgan fingerprint density at radius 3 is 2.48 bits per heavy atom. The Bertz CT molecular complexity index is 1580. The van der Waals surface area contributed by atoms with Gasteiger partial charge < -0.3 is 10.6 Å². The lowest BCUT2D eigenvalue weighted by Crippen LogP contribution is -2.26. The molecule has 0 atom stereocenters. The number of aromatic nitrogens is 1. The molecule has 214 valence electrons. The third-order valence-electron chi connectivity index (χ3n) is 8.54. The van der Waals surface area contributed by atoms with Crippen molar-refractivity contribution in [2.24, 2.45) is 0 Å². The van der Waals surface area contributed by atoms with Crippen molar-refractivity contribution in [1.29, 1.82) is 5.26 Å². The molecule has 0 spiro atoms. The van der Waals surface area contributed by atoms with E-state index in [-0.39, 0.29) is 0 Å². The van der Waals surface area contributed by atoms with Gasteiger partial charge in [-0.3, -0.25) is 4.98 Å². The summed E-state index contributed by atoms with van der Waals surface area (Å²) in [5, 5.41) is 16.4. The fourth-order valence-corrected chi connectivity index (χ4v) is 6.37. The van der Waals surface area contributed by atoms with Gasteiger partial charge in [0, 0.05) is 37.7 Å². The monoisotopic (exact) mass is 554 g/mol. The standard InChI is InChI=1S/C38H42N4/c1-27(2)42-20-19-40-26-38-34(16-15-29-21-30(23-39)25-41-24-29)22-33(36-13-8-14-37(36)38)18-17-31-11-7-12-35(28(31)3)32-9-5-4-6-10-32/h4-7,9-12,21-22,24-25,40,42H,1,8,13-20,26H2,2-3H3. The smallest absolute Gasteiger partial charge is 0.101 e. The third-order valence-corrected chi connectivity index (χ3v) is 8.54. The first-order chi connectivity index (χ1) is 20.5. The summed E-state index contributed by atoms with van der Waals surface area (Å²) in [5.41, 5.74) is 15.8. The van der Waals surface area contributed by atoms with E-state index in [0.717, 1.165) is 63.0 Å². The van der Waals surface area contributed by atoms with Crippen molar-refractivity contribution in [3.05, 3.63) is 135 Å². The normalized spacial score (nSPS) is 12.1. The average Bonchev–Trinajstić information content (AvgIpc) is 3.51. The van der Waals surface area contributed by atoms with Crippen LogP contribution < -0.4 is 10.6 Å². The van der Waals surface area contributed by atoms with E-state index in [4.69, 9.17) is 0 Å². The maximum atomic E-state index is 9.35. The van der Waals surface area contributed by atoms with Crippen LogP contribution in [0.1, 0.15) is 63.4 Å². The van der Waals surface area contributed by atoms with Gasteiger partial charge in [-0.05, 0) is 120 Å². The zero-order chi connectivity index (χ0) is 29.3. The minimum atomic E-state index is 0.627. The second kappa shape index (κ2) is 14.1. The number of pyridine rings is 1. The highest BCUT2D eigenvalue weighted by Gasteiger charge is 2.22. The van der Waals surface area contributed by atoms with E-state index >= 15 is 0 Å². The van der Waals surface area contributed by atoms with Gasteiger partial charge in [-0.2, -0.15) is 5.26 Å². The first-order valence-electron chi connectivity index (χ1n) is 15.3. The summed E-state index contributed by atoms with van der Waals surface area (Å²) in [5.74, 6) is 0. The minimum absolute atomic E-state index is 0.627. The predicted molar refractivity (Wildman–Crippen MR) is 173 cm³/mol. The molecule has 4 aromatic rings. The molecule has 42 heavy (non-hydrogen) atoms. The summed E-state index contributed by atoms with van der Waals surface area (Å²) in [6.45, 7) is 10.9. The van der Waals surface area contributed by atoms with Gasteiger partial charge in [0.25, 0.3) is 0 Å². The topological polar surface area (TPSA) is 60.7 Å². The number of rotatable bonds is 13. The molecule has 0 amide bonds. The van der Waals surface area contributed by atoms with E-state index < -0.39 is 0 Å². The molecule has 4 nitrogen and oxygen atoms in total. The van der Waals surface area contributed by atoms with Crippen LogP contribution >= 0.6 is 0 Å².